The highest BCUT2D eigenvalue weighted by Crippen LogP contribution is 2.47. The summed E-state index contributed by atoms with van der Waals surface area (Å²) in [7, 11) is 1.52. The zero-order chi connectivity index (χ0) is 9.90. The van der Waals surface area contributed by atoms with Crippen molar-refractivity contribution in [2.45, 2.75) is 0 Å². The molecule has 4 nitrogen and oxygen atoms in total. The van der Waals surface area contributed by atoms with Crippen LogP contribution in [-0.2, 0) is 4.57 Å². The summed E-state index contributed by atoms with van der Waals surface area (Å²) in [5.74, 6) is 0.858. The summed E-state index contributed by atoms with van der Waals surface area (Å²) in [5, 5.41) is 0. The van der Waals surface area contributed by atoms with Gasteiger partial charge in [0.05, 0.1) is 7.11 Å². The second-order valence-electron chi connectivity index (χ2n) is 2.22. The summed E-state index contributed by atoms with van der Waals surface area (Å²) < 4.78 is 20.0. The molecule has 6 heteroatoms. The van der Waals surface area contributed by atoms with Crippen LogP contribution in [0.2, 0.25) is 0 Å². The lowest BCUT2D eigenvalue weighted by molar-refractivity contribution is 0.397. The molecule has 0 saturated carbocycles. The van der Waals surface area contributed by atoms with Crippen molar-refractivity contribution in [3.63, 3.8) is 0 Å². The Morgan fingerprint density at radius 3 is 2.15 bits per heavy atom. The van der Waals surface area contributed by atoms with Crippen LogP contribution in [0.5, 0.6) is 11.5 Å². The number of hydrogen-bond acceptors (Lipinski definition) is 3. The van der Waals surface area contributed by atoms with Crippen LogP contribution < -0.4 is 9.26 Å². The average molecular weight is 223 g/mol. The first kappa shape index (κ1) is 10.4. The lowest BCUT2D eigenvalue weighted by Gasteiger charge is -2.06. The molecule has 72 valence electrons. The first-order chi connectivity index (χ1) is 6.01. The monoisotopic (exact) mass is 222 g/mol. The molecule has 1 rings (SSSR count). The van der Waals surface area contributed by atoms with Crippen LogP contribution in [0.3, 0.4) is 0 Å². The van der Waals surface area contributed by atoms with Crippen LogP contribution in [0, 0.1) is 0 Å². The van der Waals surface area contributed by atoms with Crippen molar-refractivity contribution in [2.75, 3.05) is 7.11 Å². The Hall–Kier alpha value is -0.700. The van der Waals surface area contributed by atoms with Crippen molar-refractivity contribution in [1.29, 1.82) is 0 Å². The van der Waals surface area contributed by atoms with E-state index in [0.717, 1.165) is 0 Å². The molecule has 0 amide bonds. The minimum absolute atomic E-state index is 0.224. The van der Waals surface area contributed by atoms with Crippen LogP contribution in [0.1, 0.15) is 0 Å². The smallest absolute Gasteiger partial charge is 0.474 e. The molecule has 1 atom stereocenters. The molecule has 1 aromatic carbocycles. The molecule has 0 bridgehead atoms. The van der Waals surface area contributed by atoms with Crippen LogP contribution in [-0.4, -0.2) is 12.0 Å². The predicted octanol–water partition coefficient (Wildman–Crippen LogP) is 2.41. The highest BCUT2D eigenvalue weighted by Gasteiger charge is 2.15. The van der Waals surface area contributed by atoms with Crippen LogP contribution in [0.4, 0.5) is 0 Å². The van der Waals surface area contributed by atoms with Gasteiger partial charge in [0.15, 0.2) is 0 Å². The van der Waals surface area contributed by atoms with Crippen LogP contribution in [0.25, 0.3) is 0 Å². The molecule has 0 radical (unpaired) electrons. The summed E-state index contributed by atoms with van der Waals surface area (Å²) in [6.07, 6.45) is 0. The largest absolute Gasteiger partial charge is 0.497 e. The standard InChI is InChI=1S/C7H8ClO4P/c1-11-6-2-4-7(5-3-6)12-13(8,9)10/h2-5H,1H3,(H,9,10). The molecule has 0 saturated heterocycles. The fourth-order valence-corrected chi connectivity index (χ4v) is 1.39. The number of hydrogen-bond donors (Lipinski definition) is 1. The zero-order valence-electron chi connectivity index (χ0n) is 6.81. The summed E-state index contributed by atoms with van der Waals surface area (Å²) in [5.41, 5.74) is 0. The van der Waals surface area contributed by atoms with E-state index >= 15 is 0 Å². The first-order valence-corrected chi connectivity index (χ1v) is 5.85. The van der Waals surface area contributed by atoms with Gasteiger partial charge in [-0.1, -0.05) is 0 Å². The molecule has 1 unspecified atom stereocenters. The van der Waals surface area contributed by atoms with Gasteiger partial charge in [-0.25, -0.2) is 4.57 Å². The topological polar surface area (TPSA) is 55.8 Å². The molecule has 0 aliphatic carbocycles. The fraction of sp³-hybridized carbons (Fsp3) is 0.143. The Labute approximate surface area is 80.4 Å². The SMILES string of the molecule is COc1ccc(OP(=O)(O)Cl)cc1. The quantitative estimate of drug-likeness (QED) is 0.798. The number of rotatable bonds is 3. The lowest BCUT2D eigenvalue weighted by Crippen LogP contribution is -1.86. The molecule has 0 heterocycles. The van der Waals surface area contributed by atoms with Crippen LogP contribution in [0.15, 0.2) is 24.3 Å². The van der Waals surface area contributed by atoms with E-state index in [1.54, 1.807) is 12.1 Å². The van der Waals surface area contributed by atoms with E-state index in [4.69, 9.17) is 20.9 Å². The van der Waals surface area contributed by atoms with Gasteiger partial charge in [-0.15, -0.1) is 0 Å². The highest BCUT2D eigenvalue weighted by molar-refractivity contribution is 7.80. The summed E-state index contributed by atoms with van der Waals surface area (Å²) in [6.45, 7) is -3.98. The van der Waals surface area contributed by atoms with Crippen molar-refractivity contribution in [2.24, 2.45) is 0 Å². The van der Waals surface area contributed by atoms with Gasteiger partial charge in [-0.05, 0) is 24.3 Å². The lowest BCUT2D eigenvalue weighted by atomic mass is 10.3. The first-order valence-electron chi connectivity index (χ1n) is 3.37. The predicted molar refractivity (Wildman–Crippen MR) is 49.3 cm³/mol. The second kappa shape index (κ2) is 4.01. The van der Waals surface area contributed by atoms with Crippen molar-refractivity contribution in [1.82, 2.24) is 0 Å². The summed E-state index contributed by atoms with van der Waals surface area (Å²) in [4.78, 5) is 8.67. The van der Waals surface area contributed by atoms with Crippen molar-refractivity contribution >= 4 is 18.2 Å². The maximum Gasteiger partial charge on any atom is 0.474 e. The van der Waals surface area contributed by atoms with E-state index in [0.29, 0.717) is 5.75 Å². The Morgan fingerprint density at radius 1 is 1.31 bits per heavy atom. The van der Waals surface area contributed by atoms with Gasteiger partial charge in [0.25, 0.3) is 0 Å². The molecule has 1 aromatic rings. The van der Waals surface area contributed by atoms with Crippen LogP contribution >= 0.6 is 18.2 Å². The van der Waals surface area contributed by atoms with E-state index < -0.39 is 6.95 Å². The third-order valence-corrected chi connectivity index (χ3v) is 1.92. The van der Waals surface area contributed by atoms with Gasteiger partial charge in [-0.2, -0.15) is 0 Å². The number of methoxy groups -OCH3 is 1. The molecule has 0 fully saturated rings. The van der Waals surface area contributed by atoms with Gasteiger partial charge in [0.2, 0.25) is 0 Å². The van der Waals surface area contributed by atoms with Crippen molar-refractivity contribution in [3.8, 4) is 11.5 Å². The zero-order valence-corrected chi connectivity index (χ0v) is 8.46. The number of ether oxygens (including phenoxy) is 1. The second-order valence-corrected chi connectivity index (χ2v) is 4.59. The Morgan fingerprint density at radius 2 is 1.77 bits per heavy atom. The molecule has 1 N–H and O–H groups in total. The molecule has 13 heavy (non-hydrogen) atoms. The van der Waals surface area contributed by atoms with E-state index in [1.165, 1.54) is 19.2 Å². The average Bonchev–Trinajstić information content (AvgIpc) is 2.03. The number of benzene rings is 1. The van der Waals surface area contributed by atoms with E-state index in [2.05, 4.69) is 4.52 Å². The summed E-state index contributed by atoms with van der Waals surface area (Å²) in [6, 6.07) is 6.18. The molecular formula is C7H8ClO4P. The third kappa shape index (κ3) is 3.68. The molecule has 0 spiro atoms. The van der Waals surface area contributed by atoms with Gasteiger partial charge in [0, 0.05) is 11.2 Å². The minimum atomic E-state index is -3.98. The Balaban J connectivity index is 2.76. The van der Waals surface area contributed by atoms with Gasteiger partial charge in [0.1, 0.15) is 11.5 Å². The highest BCUT2D eigenvalue weighted by atomic mass is 35.7. The minimum Gasteiger partial charge on any atom is -0.497 e. The third-order valence-electron chi connectivity index (χ3n) is 1.28. The maximum atomic E-state index is 10.6. The van der Waals surface area contributed by atoms with Crippen molar-refractivity contribution < 1.29 is 18.7 Å². The molecular weight excluding hydrogens is 214 g/mol. The Bertz CT molecular complexity index is 318. The molecule has 0 aromatic heterocycles. The maximum absolute atomic E-state index is 10.6. The normalized spacial score (nSPS) is 14.7. The van der Waals surface area contributed by atoms with Gasteiger partial charge >= 0.3 is 6.95 Å². The summed E-state index contributed by atoms with van der Waals surface area (Å²) >= 11 is 5.00. The van der Waals surface area contributed by atoms with Gasteiger partial charge < -0.3 is 14.2 Å². The van der Waals surface area contributed by atoms with E-state index in [9.17, 15) is 4.57 Å². The fourth-order valence-electron chi connectivity index (χ4n) is 0.767. The van der Waals surface area contributed by atoms with E-state index in [1.807, 2.05) is 0 Å². The van der Waals surface area contributed by atoms with Crippen molar-refractivity contribution in [3.05, 3.63) is 24.3 Å². The number of halogens is 1. The van der Waals surface area contributed by atoms with Gasteiger partial charge in [-0.3, -0.25) is 0 Å². The Kier molecular flexibility index (Phi) is 3.20. The molecule has 0 aliphatic rings. The molecule has 0 aliphatic heterocycles. The van der Waals surface area contributed by atoms with E-state index in [-0.39, 0.29) is 5.75 Å².